The van der Waals surface area contributed by atoms with Crippen LogP contribution in [0.2, 0.25) is 0 Å². The molecule has 0 aliphatic rings. The molecular formula is C19H24N2O2. The zero-order chi connectivity index (χ0) is 16.7. The Kier molecular flexibility index (Phi) is 6.03. The molecule has 0 saturated heterocycles. The van der Waals surface area contributed by atoms with Gasteiger partial charge in [0.1, 0.15) is 5.75 Å². The predicted octanol–water partition coefficient (Wildman–Crippen LogP) is 3.56. The fraction of sp³-hybridized carbons (Fsp3) is 0.316. The van der Waals surface area contributed by atoms with E-state index in [9.17, 15) is 4.79 Å². The van der Waals surface area contributed by atoms with Crippen LogP contribution in [0.5, 0.6) is 5.75 Å². The number of para-hydroxylation sites is 1. The fourth-order valence-corrected chi connectivity index (χ4v) is 2.25. The number of hydrogen-bond donors (Lipinski definition) is 2. The van der Waals surface area contributed by atoms with E-state index in [-0.39, 0.29) is 11.9 Å². The topological polar surface area (TPSA) is 50.4 Å². The first-order valence-corrected chi connectivity index (χ1v) is 7.84. The lowest BCUT2D eigenvalue weighted by Gasteiger charge is -2.24. The van der Waals surface area contributed by atoms with Crippen molar-refractivity contribution in [1.82, 2.24) is 5.32 Å². The van der Waals surface area contributed by atoms with Crippen LogP contribution >= 0.6 is 0 Å². The molecule has 2 N–H and O–H groups in total. The number of anilines is 1. The summed E-state index contributed by atoms with van der Waals surface area (Å²) in [4.78, 5) is 12.2. The molecule has 0 heterocycles. The molecule has 2 aromatic rings. The number of hydrogen-bond acceptors (Lipinski definition) is 3. The lowest BCUT2D eigenvalue weighted by atomic mass is 10.0. The van der Waals surface area contributed by atoms with Gasteiger partial charge in [0.05, 0.1) is 7.11 Å². The first-order chi connectivity index (χ1) is 11.1. The number of carbonyl (C=O) groups is 1. The summed E-state index contributed by atoms with van der Waals surface area (Å²) in [5.74, 6) is 1.06. The molecule has 122 valence electrons. The first kappa shape index (κ1) is 16.9. The number of carbonyl (C=O) groups excluding carboxylic acids is 1. The maximum atomic E-state index is 12.2. The van der Waals surface area contributed by atoms with E-state index >= 15 is 0 Å². The Morgan fingerprint density at radius 1 is 1.04 bits per heavy atom. The minimum Gasteiger partial charge on any atom is -0.497 e. The normalized spacial score (nSPS) is 11.8. The Morgan fingerprint density at radius 3 is 2.26 bits per heavy atom. The highest BCUT2D eigenvalue weighted by Crippen LogP contribution is 2.13. The molecular weight excluding hydrogens is 288 g/mol. The van der Waals surface area contributed by atoms with Gasteiger partial charge in [-0.15, -0.1) is 0 Å². The average molecular weight is 312 g/mol. The summed E-state index contributed by atoms with van der Waals surface area (Å²) in [6, 6.07) is 17.3. The summed E-state index contributed by atoms with van der Waals surface area (Å²) in [7, 11) is 1.61. The van der Waals surface area contributed by atoms with Crippen molar-refractivity contribution in [2.45, 2.75) is 19.9 Å². The Balaban J connectivity index is 1.93. The van der Waals surface area contributed by atoms with E-state index in [1.807, 2.05) is 30.3 Å². The van der Waals surface area contributed by atoms with Gasteiger partial charge in [-0.05, 0) is 42.3 Å². The molecule has 1 unspecified atom stereocenters. The second-order valence-electron chi connectivity index (χ2n) is 5.80. The zero-order valence-electron chi connectivity index (χ0n) is 13.9. The molecule has 0 aliphatic carbocycles. The molecule has 2 aromatic carbocycles. The van der Waals surface area contributed by atoms with E-state index in [2.05, 4.69) is 24.5 Å². The van der Waals surface area contributed by atoms with Crippen LogP contribution in [0.4, 0.5) is 5.69 Å². The highest BCUT2D eigenvalue weighted by atomic mass is 16.5. The highest BCUT2D eigenvalue weighted by Gasteiger charge is 2.15. The summed E-state index contributed by atoms with van der Waals surface area (Å²) < 4.78 is 5.10. The summed E-state index contributed by atoms with van der Waals surface area (Å²) in [5.41, 5.74) is 1.69. The highest BCUT2D eigenvalue weighted by molar-refractivity contribution is 5.94. The van der Waals surface area contributed by atoms with E-state index in [1.165, 1.54) is 0 Å². The molecule has 0 fully saturated rings. The Labute approximate surface area is 137 Å². The van der Waals surface area contributed by atoms with Gasteiger partial charge in [-0.25, -0.2) is 0 Å². The molecule has 0 aromatic heterocycles. The SMILES string of the molecule is COc1ccc(C(=O)NCC(Nc2ccccc2)C(C)C)cc1. The van der Waals surface area contributed by atoms with Crippen LogP contribution in [0.3, 0.4) is 0 Å². The second-order valence-corrected chi connectivity index (χ2v) is 5.80. The largest absolute Gasteiger partial charge is 0.497 e. The molecule has 23 heavy (non-hydrogen) atoms. The molecule has 4 nitrogen and oxygen atoms in total. The number of methoxy groups -OCH3 is 1. The summed E-state index contributed by atoms with van der Waals surface area (Å²) in [6.07, 6.45) is 0. The predicted molar refractivity (Wildman–Crippen MR) is 94.0 cm³/mol. The van der Waals surface area contributed by atoms with Crippen molar-refractivity contribution in [1.29, 1.82) is 0 Å². The van der Waals surface area contributed by atoms with Gasteiger partial charge in [0.15, 0.2) is 0 Å². The molecule has 0 bridgehead atoms. The summed E-state index contributed by atoms with van der Waals surface area (Å²) in [6.45, 7) is 4.84. The molecule has 2 rings (SSSR count). The van der Waals surface area contributed by atoms with Gasteiger partial charge in [-0.3, -0.25) is 4.79 Å². The molecule has 0 aliphatic heterocycles. The van der Waals surface area contributed by atoms with Crippen molar-refractivity contribution < 1.29 is 9.53 Å². The van der Waals surface area contributed by atoms with Crippen LogP contribution in [0, 0.1) is 5.92 Å². The quantitative estimate of drug-likeness (QED) is 0.822. The lowest BCUT2D eigenvalue weighted by Crippen LogP contribution is -2.39. The van der Waals surface area contributed by atoms with Crippen LogP contribution in [0.25, 0.3) is 0 Å². The van der Waals surface area contributed by atoms with Crippen molar-refractivity contribution in [3.63, 3.8) is 0 Å². The fourth-order valence-electron chi connectivity index (χ4n) is 2.25. The van der Waals surface area contributed by atoms with Crippen molar-refractivity contribution in [3.05, 3.63) is 60.2 Å². The first-order valence-electron chi connectivity index (χ1n) is 7.84. The summed E-state index contributed by atoms with van der Waals surface area (Å²) in [5, 5.41) is 6.46. The molecule has 4 heteroatoms. The van der Waals surface area contributed by atoms with Crippen molar-refractivity contribution in [3.8, 4) is 5.75 Å². The van der Waals surface area contributed by atoms with Crippen LogP contribution in [-0.4, -0.2) is 25.6 Å². The van der Waals surface area contributed by atoms with Gasteiger partial charge in [-0.1, -0.05) is 32.0 Å². The minimum absolute atomic E-state index is 0.0758. The zero-order valence-corrected chi connectivity index (χ0v) is 13.9. The standard InChI is InChI=1S/C19H24N2O2/c1-14(2)18(21-16-7-5-4-6-8-16)13-20-19(22)15-9-11-17(23-3)12-10-15/h4-12,14,18,21H,13H2,1-3H3,(H,20,22). The molecule has 0 saturated carbocycles. The van der Waals surface area contributed by atoms with Gasteiger partial charge in [0.2, 0.25) is 0 Å². The maximum Gasteiger partial charge on any atom is 0.251 e. The Hall–Kier alpha value is -2.49. The number of ether oxygens (including phenoxy) is 1. The van der Waals surface area contributed by atoms with E-state index in [1.54, 1.807) is 31.4 Å². The van der Waals surface area contributed by atoms with Crippen LogP contribution in [-0.2, 0) is 0 Å². The van der Waals surface area contributed by atoms with Crippen molar-refractivity contribution >= 4 is 11.6 Å². The van der Waals surface area contributed by atoms with Gasteiger partial charge in [0, 0.05) is 23.8 Å². The average Bonchev–Trinajstić information content (AvgIpc) is 2.59. The van der Waals surface area contributed by atoms with Crippen LogP contribution in [0.15, 0.2) is 54.6 Å². The smallest absolute Gasteiger partial charge is 0.251 e. The van der Waals surface area contributed by atoms with Crippen molar-refractivity contribution in [2.75, 3.05) is 19.0 Å². The lowest BCUT2D eigenvalue weighted by molar-refractivity contribution is 0.0950. The van der Waals surface area contributed by atoms with Crippen LogP contribution in [0.1, 0.15) is 24.2 Å². The Bertz CT molecular complexity index is 609. The molecule has 0 spiro atoms. The van der Waals surface area contributed by atoms with Crippen LogP contribution < -0.4 is 15.4 Å². The van der Waals surface area contributed by atoms with E-state index in [4.69, 9.17) is 4.74 Å². The Morgan fingerprint density at radius 2 is 1.70 bits per heavy atom. The van der Waals surface area contributed by atoms with Gasteiger partial charge in [-0.2, -0.15) is 0 Å². The molecule has 1 amide bonds. The van der Waals surface area contributed by atoms with Gasteiger partial charge in [0.25, 0.3) is 5.91 Å². The third kappa shape index (κ3) is 5.02. The van der Waals surface area contributed by atoms with E-state index in [0.29, 0.717) is 18.0 Å². The maximum absolute atomic E-state index is 12.2. The monoisotopic (exact) mass is 312 g/mol. The minimum atomic E-state index is -0.0758. The molecule has 1 atom stereocenters. The number of rotatable bonds is 7. The van der Waals surface area contributed by atoms with E-state index < -0.39 is 0 Å². The third-order valence-corrected chi connectivity index (χ3v) is 3.77. The van der Waals surface area contributed by atoms with Gasteiger partial charge < -0.3 is 15.4 Å². The number of nitrogens with one attached hydrogen (secondary N) is 2. The van der Waals surface area contributed by atoms with Crippen molar-refractivity contribution in [2.24, 2.45) is 5.92 Å². The molecule has 0 radical (unpaired) electrons. The number of amides is 1. The van der Waals surface area contributed by atoms with E-state index in [0.717, 1.165) is 11.4 Å². The van der Waals surface area contributed by atoms with Gasteiger partial charge >= 0.3 is 0 Å². The summed E-state index contributed by atoms with van der Waals surface area (Å²) >= 11 is 0. The third-order valence-electron chi connectivity index (χ3n) is 3.77. The number of benzene rings is 2. The second kappa shape index (κ2) is 8.22.